The Morgan fingerprint density at radius 2 is 2.05 bits per heavy atom. The summed E-state index contributed by atoms with van der Waals surface area (Å²) in [5.41, 5.74) is -0.343. The summed E-state index contributed by atoms with van der Waals surface area (Å²) in [6, 6.07) is 0. The summed E-state index contributed by atoms with van der Waals surface area (Å²) in [6.45, 7) is 1.51. The van der Waals surface area contributed by atoms with Crippen molar-refractivity contribution in [2.75, 3.05) is 6.26 Å². The molecule has 1 aliphatic rings. The van der Waals surface area contributed by atoms with Gasteiger partial charge in [0, 0.05) is 12.7 Å². The Morgan fingerprint density at radius 1 is 1.43 bits per heavy atom. The molecular formula is C13H20N2O5S. The molecule has 1 unspecified atom stereocenters. The molecule has 21 heavy (non-hydrogen) atoms. The van der Waals surface area contributed by atoms with Crippen LogP contribution in [0.3, 0.4) is 0 Å². The number of hydrogen-bond acceptors (Lipinski definition) is 6. The van der Waals surface area contributed by atoms with E-state index in [-0.39, 0.29) is 17.7 Å². The van der Waals surface area contributed by atoms with Crippen LogP contribution in [0.15, 0.2) is 4.52 Å². The molecule has 0 aliphatic heterocycles. The SMILES string of the molecule is CC(c1noc(CC2(CC(=O)O)CCCC2)n1)S(C)(=O)=O. The Morgan fingerprint density at radius 3 is 2.57 bits per heavy atom. The molecule has 1 N–H and O–H groups in total. The van der Waals surface area contributed by atoms with Gasteiger partial charge in [0.1, 0.15) is 5.25 Å². The lowest BCUT2D eigenvalue weighted by Gasteiger charge is -2.24. The van der Waals surface area contributed by atoms with Gasteiger partial charge in [-0.3, -0.25) is 4.79 Å². The first-order chi connectivity index (χ1) is 9.72. The van der Waals surface area contributed by atoms with Gasteiger partial charge in [0.25, 0.3) is 0 Å². The van der Waals surface area contributed by atoms with Crippen LogP contribution in [0.1, 0.15) is 56.0 Å². The molecule has 0 bridgehead atoms. The summed E-state index contributed by atoms with van der Waals surface area (Å²) in [7, 11) is -3.28. The zero-order chi connectivity index (χ0) is 15.7. The van der Waals surface area contributed by atoms with Gasteiger partial charge in [-0.2, -0.15) is 4.98 Å². The van der Waals surface area contributed by atoms with Crippen molar-refractivity contribution in [3.8, 4) is 0 Å². The van der Waals surface area contributed by atoms with Crippen molar-refractivity contribution in [3.05, 3.63) is 11.7 Å². The van der Waals surface area contributed by atoms with Gasteiger partial charge in [-0.05, 0) is 25.2 Å². The maximum absolute atomic E-state index is 11.5. The Labute approximate surface area is 123 Å². The molecule has 0 saturated heterocycles. The van der Waals surface area contributed by atoms with E-state index in [9.17, 15) is 13.2 Å². The number of carboxylic acid groups (broad SMARTS) is 1. The molecule has 118 valence electrons. The number of sulfone groups is 1. The van der Waals surface area contributed by atoms with Gasteiger partial charge in [-0.15, -0.1) is 0 Å². The predicted molar refractivity (Wildman–Crippen MR) is 74.4 cm³/mol. The van der Waals surface area contributed by atoms with Gasteiger partial charge in [0.05, 0.1) is 6.42 Å². The standard InChI is InChI=1S/C13H20N2O5S/c1-9(21(2,18)19)12-14-10(20-15-12)7-13(8-11(16)17)5-3-4-6-13/h9H,3-8H2,1-2H3,(H,16,17). The summed E-state index contributed by atoms with van der Waals surface area (Å²) in [6.07, 6.45) is 5.21. The van der Waals surface area contributed by atoms with E-state index in [1.807, 2.05) is 0 Å². The molecule has 0 amide bonds. The Hall–Kier alpha value is -1.44. The molecule has 7 nitrogen and oxygen atoms in total. The lowest BCUT2D eigenvalue weighted by Crippen LogP contribution is -2.24. The van der Waals surface area contributed by atoms with Crippen LogP contribution in [0, 0.1) is 5.41 Å². The fourth-order valence-corrected chi connectivity index (χ4v) is 3.36. The second-order valence-electron chi connectivity index (χ2n) is 5.97. The van der Waals surface area contributed by atoms with Crippen molar-refractivity contribution in [1.29, 1.82) is 0 Å². The van der Waals surface area contributed by atoms with Crippen LogP contribution in [-0.2, 0) is 21.1 Å². The summed E-state index contributed by atoms with van der Waals surface area (Å²) in [5.74, 6) is -0.374. The Bertz CT molecular complexity index is 616. The van der Waals surface area contributed by atoms with E-state index in [2.05, 4.69) is 10.1 Å². The Balaban J connectivity index is 2.16. The lowest BCUT2D eigenvalue weighted by molar-refractivity contribution is -0.139. The zero-order valence-electron chi connectivity index (χ0n) is 12.2. The molecule has 0 radical (unpaired) electrons. The highest BCUT2D eigenvalue weighted by Crippen LogP contribution is 2.43. The first-order valence-corrected chi connectivity index (χ1v) is 8.90. The maximum Gasteiger partial charge on any atom is 0.303 e. The van der Waals surface area contributed by atoms with Crippen LogP contribution in [-0.4, -0.2) is 35.9 Å². The molecule has 1 fully saturated rings. The molecule has 1 aromatic rings. The lowest BCUT2D eigenvalue weighted by atomic mass is 9.79. The number of aromatic nitrogens is 2. The molecule has 2 rings (SSSR count). The van der Waals surface area contributed by atoms with E-state index < -0.39 is 21.1 Å². The molecule has 1 aromatic heterocycles. The number of hydrogen-bond donors (Lipinski definition) is 1. The average Bonchev–Trinajstić information content (AvgIpc) is 2.96. The average molecular weight is 316 g/mol. The third-order valence-corrected chi connectivity index (χ3v) is 5.70. The number of rotatable bonds is 6. The first-order valence-electron chi connectivity index (χ1n) is 6.95. The molecule has 1 aliphatic carbocycles. The normalized spacial score (nSPS) is 19.5. The van der Waals surface area contributed by atoms with Crippen molar-refractivity contribution < 1.29 is 22.8 Å². The molecule has 1 heterocycles. The second kappa shape index (κ2) is 5.75. The number of nitrogens with zero attached hydrogens (tertiary/aromatic N) is 2. The fourth-order valence-electron chi connectivity index (χ4n) is 2.88. The largest absolute Gasteiger partial charge is 0.481 e. The van der Waals surface area contributed by atoms with Crippen molar-refractivity contribution in [2.45, 2.75) is 50.7 Å². The maximum atomic E-state index is 11.5. The van der Waals surface area contributed by atoms with E-state index >= 15 is 0 Å². The predicted octanol–water partition coefficient (Wildman–Crippen LogP) is 1.75. The highest BCUT2D eigenvalue weighted by molar-refractivity contribution is 7.90. The third kappa shape index (κ3) is 3.81. The van der Waals surface area contributed by atoms with Gasteiger partial charge in [-0.1, -0.05) is 18.0 Å². The molecule has 1 saturated carbocycles. The summed E-state index contributed by atoms with van der Waals surface area (Å²) < 4.78 is 28.1. The van der Waals surface area contributed by atoms with Crippen LogP contribution < -0.4 is 0 Å². The van der Waals surface area contributed by atoms with Crippen LogP contribution in [0.4, 0.5) is 0 Å². The van der Waals surface area contributed by atoms with Crippen molar-refractivity contribution in [1.82, 2.24) is 10.1 Å². The summed E-state index contributed by atoms with van der Waals surface area (Å²) in [5, 5.41) is 12.0. The monoisotopic (exact) mass is 316 g/mol. The van der Waals surface area contributed by atoms with Crippen LogP contribution in [0.25, 0.3) is 0 Å². The number of carbonyl (C=O) groups is 1. The quantitative estimate of drug-likeness (QED) is 0.851. The van der Waals surface area contributed by atoms with Gasteiger partial charge in [0.15, 0.2) is 15.7 Å². The third-order valence-electron chi connectivity index (χ3n) is 4.21. The minimum absolute atomic E-state index is 0.0757. The summed E-state index contributed by atoms with van der Waals surface area (Å²) in [4.78, 5) is 15.2. The first kappa shape index (κ1) is 15.9. The molecular weight excluding hydrogens is 296 g/mol. The van der Waals surface area contributed by atoms with Gasteiger partial charge in [0.2, 0.25) is 5.89 Å². The van der Waals surface area contributed by atoms with Crippen molar-refractivity contribution in [2.24, 2.45) is 5.41 Å². The minimum atomic E-state index is -3.28. The van der Waals surface area contributed by atoms with E-state index in [0.29, 0.717) is 12.3 Å². The topological polar surface area (TPSA) is 110 Å². The summed E-state index contributed by atoms with van der Waals surface area (Å²) >= 11 is 0. The zero-order valence-corrected chi connectivity index (χ0v) is 13.0. The highest BCUT2D eigenvalue weighted by atomic mass is 32.2. The van der Waals surface area contributed by atoms with Crippen LogP contribution in [0.5, 0.6) is 0 Å². The van der Waals surface area contributed by atoms with Crippen LogP contribution >= 0.6 is 0 Å². The molecule has 1 atom stereocenters. The van der Waals surface area contributed by atoms with E-state index in [4.69, 9.17) is 9.63 Å². The van der Waals surface area contributed by atoms with Crippen molar-refractivity contribution in [3.63, 3.8) is 0 Å². The van der Waals surface area contributed by atoms with Gasteiger partial charge < -0.3 is 9.63 Å². The second-order valence-corrected chi connectivity index (χ2v) is 8.34. The molecule has 0 aromatic carbocycles. The van der Waals surface area contributed by atoms with Gasteiger partial charge in [-0.25, -0.2) is 8.42 Å². The van der Waals surface area contributed by atoms with E-state index in [1.165, 1.54) is 6.92 Å². The van der Waals surface area contributed by atoms with Crippen LogP contribution in [0.2, 0.25) is 0 Å². The van der Waals surface area contributed by atoms with E-state index in [1.54, 1.807) is 0 Å². The fraction of sp³-hybridized carbons (Fsp3) is 0.769. The minimum Gasteiger partial charge on any atom is -0.481 e. The van der Waals surface area contributed by atoms with Crippen molar-refractivity contribution >= 4 is 15.8 Å². The smallest absolute Gasteiger partial charge is 0.303 e. The number of carboxylic acids is 1. The Kier molecular flexibility index (Phi) is 4.36. The number of aliphatic carboxylic acids is 1. The molecule has 8 heteroatoms. The van der Waals surface area contributed by atoms with E-state index in [0.717, 1.165) is 31.9 Å². The van der Waals surface area contributed by atoms with Gasteiger partial charge >= 0.3 is 5.97 Å². The highest BCUT2D eigenvalue weighted by Gasteiger charge is 2.38. The molecule has 0 spiro atoms.